The van der Waals surface area contributed by atoms with Crippen molar-refractivity contribution in [1.82, 2.24) is 24.4 Å². The predicted molar refractivity (Wildman–Crippen MR) is 134 cm³/mol. The van der Waals surface area contributed by atoms with Gasteiger partial charge in [-0.3, -0.25) is 9.78 Å². The van der Waals surface area contributed by atoms with Gasteiger partial charge < -0.3 is 14.2 Å². The first kappa shape index (κ1) is 22.8. The van der Waals surface area contributed by atoms with E-state index < -0.39 is 0 Å². The van der Waals surface area contributed by atoms with Gasteiger partial charge in [0.05, 0.1) is 11.9 Å². The van der Waals surface area contributed by atoms with Gasteiger partial charge in [0.1, 0.15) is 11.6 Å². The molecule has 0 saturated carbocycles. The van der Waals surface area contributed by atoms with Crippen LogP contribution in [0.5, 0.6) is 11.6 Å². The summed E-state index contributed by atoms with van der Waals surface area (Å²) in [5, 5.41) is 0. The van der Waals surface area contributed by atoms with Gasteiger partial charge in [-0.1, -0.05) is 30.3 Å². The van der Waals surface area contributed by atoms with Crippen molar-refractivity contribution in [3.8, 4) is 11.6 Å². The van der Waals surface area contributed by atoms with E-state index in [4.69, 9.17) is 9.72 Å². The van der Waals surface area contributed by atoms with Crippen LogP contribution in [0.3, 0.4) is 0 Å². The highest BCUT2D eigenvalue weighted by molar-refractivity contribution is 5.95. The van der Waals surface area contributed by atoms with E-state index >= 15 is 0 Å². The fourth-order valence-corrected chi connectivity index (χ4v) is 4.60. The van der Waals surface area contributed by atoms with Crippen molar-refractivity contribution in [1.29, 1.82) is 0 Å². The molecule has 1 saturated heterocycles. The first-order chi connectivity index (χ1) is 17.1. The molecule has 0 spiro atoms. The Bertz CT molecular complexity index is 1330. The van der Waals surface area contributed by atoms with E-state index in [9.17, 15) is 4.79 Å². The molecule has 4 aromatic rings. The van der Waals surface area contributed by atoms with Gasteiger partial charge in [0, 0.05) is 49.7 Å². The Kier molecular flexibility index (Phi) is 6.57. The highest BCUT2D eigenvalue weighted by Crippen LogP contribution is 2.29. The van der Waals surface area contributed by atoms with Crippen LogP contribution in [0.4, 0.5) is 0 Å². The largest absolute Gasteiger partial charge is 0.437 e. The highest BCUT2D eigenvalue weighted by Gasteiger charge is 2.28. The zero-order valence-electron chi connectivity index (χ0n) is 20.1. The summed E-state index contributed by atoms with van der Waals surface area (Å²) < 4.78 is 8.00. The molecule has 0 aliphatic carbocycles. The SMILES string of the molecule is Cc1cccc(Oc2cncc(C3CCCN(C(=O)c4ccccc4Cn4ccnc4C)C3)n2)c1. The summed E-state index contributed by atoms with van der Waals surface area (Å²) in [6.07, 6.45) is 9.03. The number of hydrogen-bond acceptors (Lipinski definition) is 5. The molecule has 3 heterocycles. The van der Waals surface area contributed by atoms with Crippen molar-refractivity contribution in [3.05, 3.63) is 102 Å². The van der Waals surface area contributed by atoms with Crippen LogP contribution in [0.25, 0.3) is 0 Å². The summed E-state index contributed by atoms with van der Waals surface area (Å²) in [5.74, 6) is 2.31. The average Bonchev–Trinajstić information content (AvgIpc) is 3.28. The van der Waals surface area contributed by atoms with E-state index in [0.717, 1.165) is 53.3 Å². The monoisotopic (exact) mass is 467 g/mol. The van der Waals surface area contributed by atoms with Crippen LogP contribution in [-0.4, -0.2) is 43.4 Å². The van der Waals surface area contributed by atoms with Gasteiger partial charge in [0.25, 0.3) is 5.91 Å². The van der Waals surface area contributed by atoms with Crippen molar-refractivity contribution in [2.24, 2.45) is 0 Å². The van der Waals surface area contributed by atoms with E-state index in [0.29, 0.717) is 19.0 Å². The second-order valence-corrected chi connectivity index (χ2v) is 9.05. The summed E-state index contributed by atoms with van der Waals surface area (Å²) in [6, 6.07) is 15.7. The van der Waals surface area contributed by atoms with Crippen LogP contribution < -0.4 is 4.74 Å². The Morgan fingerprint density at radius 2 is 2.00 bits per heavy atom. The van der Waals surface area contributed by atoms with Crippen LogP contribution in [0.15, 0.2) is 73.3 Å². The molecule has 1 amide bonds. The molecule has 0 N–H and O–H groups in total. The van der Waals surface area contributed by atoms with Gasteiger partial charge in [-0.2, -0.15) is 0 Å². The lowest BCUT2D eigenvalue weighted by atomic mass is 9.94. The minimum Gasteiger partial charge on any atom is -0.437 e. The van der Waals surface area contributed by atoms with E-state index in [1.165, 1.54) is 0 Å². The second-order valence-electron chi connectivity index (χ2n) is 9.05. The Labute approximate surface area is 205 Å². The standard InChI is InChI=1S/C28H29N5O2/c1-20-7-5-10-24(15-20)35-27-17-29-16-26(31-27)23-9-6-13-33(19-23)28(34)25-11-4-3-8-22(25)18-32-14-12-30-21(32)2/h3-5,7-8,10-12,14-17,23H,6,9,13,18-19H2,1-2H3. The number of carbonyl (C=O) groups excluding carboxylic acids is 1. The number of carbonyl (C=O) groups is 1. The number of hydrogen-bond donors (Lipinski definition) is 0. The molecule has 1 fully saturated rings. The lowest BCUT2D eigenvalue weighted by Gasteiger charge is -2.33. The second kappa shape index (κ2) is 10.1. The zero-order chi connectivity index (χ0) is 24.2. The van der Waals surface area contributed by atoms with E-state index in [-0.39, 0.29) is 11.8 Å². The van der Waals surface area contributed by atoms with Crippen molar-refractivity contribution in [2.45, 2.75) is 39.2 Å². The number of aromatic nitrogens is 4. The predicted octanol–water partition coefficient (Wildman–Crippen LogP) is 5.15. The summed E-state index contributed by atoms with van der Waals surface area (Å²) in [5.41, 5.74) is 3.71. The highest BCUT2D eigenvalue weighted by atomic mass is 16.5. The first-order valence-electron chi connectivity index (χ1n) is 12.0. The minimum absolute atomic E-state index is 0.0585. The maximum absolute atomic E-state index is 13.6. The topological polar surface area (TPSA) is 73.1 Å². The summed E-state index contributed by atoms with van der Waals surface area (Å²) in [6.45, 7) is 5.96. The van der Waals surface area contributed by atoms with Crippen molar-refractivity contribution in [2.75, 3.05) is 13.1 Å². The molecule has 178 valence electrons. The fourth-order valence-electron chi connectivity index (χ4n) is 4.60. The molecule has 0 radical (unpaired) electrons. The van der Waals surface area contributed by atoms with E-state index in [1.807, 2.05) is 73.5 Å². The van der Waals surface area contributed by atoms with Crippen molar-refractivity contribution < 1.29 is 9.53 Å². The number of amides is 1. The molecule has 2 aromatic carbocycles. The van der Waals surface area contributed by atoms with Gasteiger partial charge in [-0.15, -0.1) is 0 Å². The fraction of sp³-hybridized carbons (Fsp3) is 0.286. The van der Waals surface area contributed by atoms with Gasteiger partial charge >= 0.3 is 0 Å². The lowest BCUT2D eigenvalue weighted by Crippen LogP contribution is -2.39. The third kappa shape index (κ3) is 5.24. The molecule has 1 aliphatic rings. The zero-order valence-corrected chi connectivity index (χ0v) is 20.1. The van der Waals surface area contributed by atoms with Gasteiger partial charge in [0.15, 0.2) is 0 Å². The maximum Gasteiger partial charge on any atom is 0.254 e. The van der Waals surface area contributed by atoms with Gasteiger partial charge in [0.2, 0.25) is 5.88 Å². The van der Waals surface area contributed by atoms with Crippen LogP contribution >= 0.6 is 0 Å². The molecular weight excluding hydrogens is 438 g/mol. The lowest BCUT2D eigenvalue weighted by molar-refractivity contribution is 0.0704. The number of imidazole rings is 1. The minimum atomic E-state index is 0.0585. The molecule has 1 aliphatic heterocycles. The Balaban J connectivity index is 1.32. The number of aryl methyl sites for hydroxylation is 2. The Morgan fingerprint density at radius 1 is 1.11 bits per heavy atom. The number of ether oxygens (including phenoxy) is 1. The molecule has 1 unspecified atom stereocenters. The smallest absolute Gasteiger partial charge is 0.254 e. The van der Waals surface area contributed by atoms with Gasteiger partial charge in [-0.05, 0) is 56.0 Å². The van der Waals surface area contributed by atoms with Crippen LogP contribution in [0, 0.1) is 13.8 Å². The van der Waals surface area contributed by atoms with E-state index in [2.05, 4.69) is 14.5 Å². The average molecular weight is 468 g/mol. The third-order valence-electron chi connectivity index (χ3n) is 6.48. The first-order valence-corrected chi connectivity index (χ1v) is 12.0. The normalized spacial score (nSPS) is 15.7. The third-order valence-corrected chi connectivity index (χ3v) is 6.48. The number of rotatable bonds is 6. The Hall–Kier alpha value is -4.00. The number of benzene rings is 2. The van der Waals surface area contributed by atoms with Crippen LogP contribution in [0.1, 0.15) is 51.8 Å². The van der Waals surface area contributed by atoms with Crippen LogP contribution in [-0.2, 0) is 6.54 Å². The molecule has 7 nitrogen and oxygen atoms in total. The Morgan fingerprint density at radius 3 is 2.83 bits per heavy atom. The summed E-state index contributed by atoms with van der Waals surface area (Å²) in [4.78, 5) is 28.9. The summed E-state index contributed by atoms with van der Waals surface area (Å²) >= 11 is 0. The molecule has 1 atom stereocenters. The molecule has 5 rings (SSSR count). The van der Waals surface area contributed by atoms with Crippen molar-refractivity contribution in [3.63, 3.8) is 0 Å². The molecule has 0 bridgehead atoms. The van der Waals surface area contributed by atoms with Crippen LogP contribution in [0.2, 0.25) is 0 Å². The number of piperidine rings is 1. The maximum atomic E-state index is 13.6. The molecule has 2 aromatic heterocycles. The quantitative estimate of drug-likeness (QED) is 0.392. The molecule has 7 heteroatoms. The molecular formula is C28H29N5O2. The van der Waals surface area contributed by atoms with Crippen molar-refractivity contribution >= 4 is 5.91 Å². The van der Waals surface area contributed by atoms with E-state index in [1.54, 1.807) is 18.6 Å². The van der Waals surface area contributed by atoms with Gasteiger partial charge in [-0.25, -0.2) is 9.97 Å². The number of nitrogens with zero attached hydrogens (tertiary/aromatic N) is 5. The summed E-state index contributed by atoms with van der Waals surface area (Å²) in [7, 11) is 0. The molecule has 35 heavy (non-hydrogen) atoms. The number of likely N-dealkylation sites (tertiary alicyclic amines) is 1.